The topological polar surface area (TPSA) is 119 Å². The van der Waals surface area contributed by atoms with Crippen molar-refractivity contribution in [2.45, 2.75) is 50.7 Å². The molecule has 1 aromatic carbocycles. The maximum atomic E-state index is 13.7. The van der Waals surface area contributed by atoms with Crippen LogP contribution in [0, 0.1) is 5.92 Å². The second kappa shape index (κ2) is 10.4. The summed E-state index contributed by atoms with van der Waals surface area (Å²) in [6.45, 7) is 1.28. The molecule has 3 N–H and O–H groups in total. The van der Waals surface area contributed by atoms with E-state index in [4.69, 9.17) is 5.73 Å². The van der Waals surface area contributed by atoms with Crippen molar-refractivity contribution in [3.05, 3.63) is 65.2 Å². The zero-order valence-corrected chi connectivity index (χ0v) is 20.6. The highest BCUT2D eigenvalue weighted by Crippen LogP contribution is 2.34. The first kappa shape index (κ1) is 25.7. The number of hydrogen-bond donors (Lipinski definition) is 2. The first-order valence-corrected chi connectivity index (χ1v) is 12.6. The number of likely N-dealkylation sites (tertiary alicyclic amines) is 1. The summed E-state index contributed by atoms with van der Waals surface area (Å²) in [6, 6.07) is 7.06. The Hall–Kier alpha value is -3.96. The minimum Gasteiger partial charge on any atom is -0.369 e. The predicted molar refractivity (Wildman–Crippen MR) is 132 cm³/mol. The van der Waals surface area contributed by atoms with Crippen LogP contribution in [0.3, 0.4) is 0 Å². The third-order valence-corrected chi connectivity index (χ3v) is 6.92. The number of carbonyl (C=O) groups excluding carboxylic acids is 2. The van der Waals surface area contributed by atoms with E-state index in [9.17, 15) is 22.8 Å². The van der Waals surface area contributed by atoms with Crippen LogP contribution in [-0.2, 0) is 35.0 Å². The fourth-order valence-electron chi connectivity index (χ4n) is 4.80. The zero-order valence-electron chi connectivity index (χ0n) is 20.6. The average molecular weight is 528 g/mol. The second-order valence-corrected chi connectivity index (χ2v) is 9.80. The largest absolute Gasteiger partial charge is 0.419 e. The Kier molecular flexibility index (Phi) is 7.04. The Morgan fingerprint density at radius 2 is 1.84 bits per heavy atom. The van der Waals surface area contributed by atoms with Crippen molar-refractivity contribution in [1.29, 1.82) is 0 Å². The lowest BCUT2D eigenvalue weighted by Crippen LogP contribution is -2.30. The molecule has 1 aliphatic carbocycles. The predicted octanol–water partition coefficient (Wildman–Crippen LogP) is 3.43. The van der Waals surface area contributed by atoms with Gasteiger partial charge in [0.2, 0.25) is 17.8 Å². The van der Waals surface area contributed by atoms with E-state index in [1.54, 1.807) is 41.3 Å². The number of nitrogens with one attached hydrogen (secondary N) is 1. The van der Waals surface area contributed by atoms with Crippen LogP contribution in [0.25, 0.3) is 0 Å². The molecule has 9 nitrogen and oxygen atoms in total. The first-order chi connectivity index (χ1) is 18.2. The molecule has 5 rings (SSSR count). The van der Waals surface area contributed by atoms with Crippen LogP contribution < -0.4 is 11.1 Å². The number of anilines is 2. The van der Waals surface area contributed by atoms with Crippen LogP contribution in [0.4, 0.5) is 24.8 Å². The highest BCUT2D eigenvalue weighted by Gasteiger charge is 2.37. The van der Waals surface area contributed by atoms with Crippen molar-refractivity contribution in [2.24, 2.45) is 11.7 Å². The lowest BCUT2D eigenvalue weighted by Gasteiger charge is -2.16. The Morgan fingerprint density at radius 3 is 2.55 bits per heavy atom. The van der Waals surface area contributed by atoms with Crippen LogP contribution in [0.5, 0.6) is 0 Å². The summed E-state index contributed by atoms with van der Waals surface area (Å²) in [6.07, 6.45) is 2.44. The van der Waals surface area contributed by atoms with Gasteiger partial charge in [0.15, 0.2) is 0 Å². The van der Waals surface area contributed by atoms with Crippen LogP contribution in [-0.4, -0.2) is 49.6 Å². The highest BCUT2D eigenvalue weighted by atomic mass is 19.4. The Morgan fingerprint density at radius 1 is 1.08 bits per heavy atom. The normalized spacial score (nSPS) is 17.6. The Balaban J connectivity index is 1.29. The molecule has 0 spiro atoms. The molecule has 1 aliphatic heterocycles. The van der Waals surface area contributed by atoms with Gasteiger partial charge in [0.05, 0.1) is 35.6 Å². The molecule has 2 amide bonds. The number of aromatic nitrogens is 4. The molecule has 1 atom stereocenters. The monoisotopic (exact) mass is 527 g/mol. The standard InChI is InChI=1S/C26H28F3N7O2/c27-26(28,29)21-13-31-25(34-22(21)8-7-16-3-1-2-4-18(16)11-23(30)37)33-19-12-32-36(14-19)20-9-10-35(15-20)24(38)17-5-6-17/h1-4,12-14,17,20H,5-11,15H2,(H2,30,37)(H,31,33,34). The maximum Gasteiger partial charge on any atom is 0.419 e. The molecule has 2 aliphatic rings. The number of alkyl halides is 3. The minimum absolute atomic E-state index is 0.00594. The molecule has 12 heteroatoms. The fraction of sp³-hybridized carbons (Fsp3) is 0.423. The van der Waals surface area contributed by atoms with Crippen LogP contribution in [0.1, 0.15) is 47.7 Å². The van der Waals surface area contributed by atoms with Crippen LogP contribution >= 0.6 is 0 Å². The third kappa shape index (κ3) is 5.95. The van der Waals surface area contributed by atoms with Gasteiger partial charge >= 0.3 is 6.18 Å². The first-order valence-electron chi connectivity index (χ1n) is 12.6. The van der Waals surface area contributed by atoms with E-state index in [1.165, 1.54) is 0 Å². The number of rotatable bonds is 9. The SMILES string of the molecule is NC(=O)Cc1ccccc1CCc1nc(Nc2cnn(C3CCN(C(=O)C4CC4)C3)c2)ncc1C(F)(F)F. The number of amides is 2. The molecule has 2 fully saturated rings. The Bertz CT molecular complexity index is 1340. The lowest BCUT2D eigenvalue weighted by atomic mass is 9.98. The van der Waals surface area contributed by atoms with Gasteiger partial charge in [-0.3, -0.25) is 14.3 Å². The van der Waals surface area contributed by atoms with Crippen LogP contribution in [0.15, 0.2) is 42.9 Å². The molecule has 0 bridgehead atoms. The van der Waals surface area contributed by atoms with Crippen molar-refractivity contribution < 1.29 is 22.8 Å². The summed E-state index contributed by atoms with van der Waals surface area (Å²) < 4.78 is 42.9. The molecule has 3 aromatic rings. The van der Waals surface area contributed by atoms with Gasteiger partial charge in [-0.25, -0.2) is 9.97 Å². The molecular weight excluding hydrogens is 499 g/mol. The minimum atomic E-state index is -4.61. The van der Waals surface area contributed by atoms with Gasteiger partial charge in [0, 0.05) is 31.4 Å². The van der Waals surface area contributed by atoms with Gasteiger partial charge in [-0.2, -0.15) is 18.3 Å². The van der Waals surface area contributed by atoms with Gasteiger partial charge in [-0.05, 0) is 43.2 Å². The molecule has 38 heavy (non-hydrogen) atoms. The molecule has 3 heterocycles. The number of nitrogens with two attached hydrogens (primary N) is 1. The number of hydrogen-bond acceptors (Lipinski definition) is 6. The Labute approximate surface area is 217 Å². The summed E-state index contributed by atoms with van der Waals surface area (Å²) >= 11 is 0. The molecule has 0 radical (unpaired) electrons. The zero-order chi connectivity index (χ0) is 26.9. The number of carbonyl (C=O) groups is 2. The fourth-order valence-corrected chi connectivity index (χ4v) is 4.80. The van der Waals surface area contributed by atoms with E-state index in [1.807, 2.05) is 4.90 Å². The highest BCUT2D eigenvalue weighted by molar-refractivity contribution is 5.81. The molecule has 1 unspecified atom stereocenters. The molecule has 2 aromatic heterocycles. The second-order valence-electron chi connectivity index (χ2n) is 9.80. The van der Waals surface area contributed by atoms with Gasteiger partial charge in [-0.15, -0.1) is 0 Å². The van der Waals surface area contributed by atoms with E-state index in [-0.39, 0.29) is 48.8 Å². The van der Waals surface area contributed by atoms with Crippen molar-refractivity contribution in [1.82, 2.24) is 24.6 Å². The molecule has 1 saturated heterocycles. The number of benzene rings is 1. The van der Waals surface area contributed by atoms with Crippen molar-refractivity contribution in [3.63, 3.8) is 0 Å². The van der Waals surface area contributed by atoms with Crippen LogP contribution in [0.2, 0.25) is 0 Å². The third-order valence-electron chi connectivity index (χ3n) is 6.92. The van der Waals surface area contributed by atoms with Gasteiger partial charge in [0.1, 0.15) is 0 Å². The number of aryl methyl sites for hydroxylation is 2. The molecular formula is C26H28F3N7O2. The summed E-state index contributed by atoms with van der Waals surface area (Å²) in [4.78, 5) is 33.7. The quantitative estimate of drug-likeness (QED) is 0.440. The van der Waals surface area contributed by atoms with Crippen molar-refractivity contribution in [3.8, 4) is 0 Å². The van der Waals surface area contributed by atoms with Gasteiger partial charge in [0.25, 0.3) is 0 Å². The smallest absolute Gasteiger partial charge is 0.369 e. The summed E-state index contributed by atoms with van der Waals surface area (Å²) in [5.41, 5.74) is 6.20. The molecule has 1 saturated carbocycles. The summed E-state index contributed by atoms with van der Waals surface area (Å²) in [7, 11) is 0. The van der Waals surface area contributed by atoms with E-state index < -0.39 is 17.6 Å². The van der Waals surface area contributed by atoms with Gasteiger partial charge < -0.3 is 16.0 Å². The van der Waals surface area contributed by atoms with E-state index in [2.05, 4.69) is 20.4 Å². The maximum absolute atomic E-state index is 13.7. The number of halogens is 3. The van der Waals surface area contributed by atoms with E-state index in [0.717, 1.165) is 31.0 Å². The number of primary amides is 1. The van der Waals surface area contributed by atoms with Crippen molar-refractivity contribution >= 4 is 23.5 Å². The van der Waals surface area contributed by atoms with E-state index >= 15 is 0 Å². The summed E-state index contributed by atoms with van der Waals surface area (Å²) in [5, 5.41) is 7.33. The number of nitrogens with zero attached hydrogens (tertiary/aromatic N) is 5. The lowest BCUT2D eigenvalue weighted by molar-refractivity contribution is -0.138. The average Bonchev–Trinajstić information content (AvgIpc) is 3.41. The summed E-state index contributed by atoms with van der Waals surface area (Å²) in [5.74, 6) is -0.107. The van der Waals surface area contributed by atoms with E-state index in [0.29, 0.717) is 24.3 Å². The van der Waals surface area contributed by atoms with Crippen molar-refractivity contribution in [2.75, 3.05) is 18.4 Å². The molecule has 200 valence electrons. The van der Waals surface area contributed by atoms with Gasteiger partial charge in [-0.1, -0.05) is 24.3 Å².